The van der Waals surface area contributed by atoms with Gasteiger partial charge in [-0.25, -0.2) is 9.97 Å². The fraction of sp³-hybridized carbons (Fsp3) is 0.250. The number of imidazole rings is 1. The molecule has 1 N–H and O–H groups in total. The van der Waals surface area contributed by atoms with Crippen LogP contribution in [0.15, 0.2) is 34.6 Å². The molecule has 0 aliphatic rings. The van der Waals surface area contributed by atoms with E-state index in [4.69, 9.17) is 4.52 Å². The molecule has 1 amide bonds. The number of hydrogen-bond donors (Lipinski definition) is 1. The van der Waals surface area contributed by atoms with E-state index in [1.807, 2.05) is 36.0 Å². The first-order valence-corrected chi connectivity index (χ1v) is 8.44. The van der Waals surface area contributed by atoms with E-state index < -0.39 is 0 Å². The fourth-order valence-corrected chi connectivity index (χ4v) is 3.24. The first kappa shape index (κ1) is 14.8. The number of hydrogen-bond acceptors (Lipinski definition) is 6. The van der Waals surface area contributed by atoms with E-state index in [0.717, 1.165) is 21.7 Å². The summed E-state index contributed by atoms with van der Waals surface area (Å²) in [6, 6.07) is 1.77. The van der Waals surface area contributed by atoms with E-state index in [1.54, 1.807) is 17.4 Å². The van der Waals surface area contributed by atoms with Crippen molar-refractivity contribution in [2.75, 3.05) is 0 Å². The summed E-state index contributed by atoms with van der Waals surface area (Å²) in [7, 11) is 0. The molecule has 4 aromatic rings. The van der Waals surface area contributed by atoms with Crippen LogP contribution in [0.1, 0.15) is 41.5 Å². The molecule has 0 aliphatic heterocycles. The number of nitrogens with zero attached hydrogens (tertiary/aromatic N) is 4. The quantitative estimate of drug-likeness (QED) is 0.617. The summed E-state index contributed by atoms with van der Waals surface area (Å²) in [6.45, 7) is 4.41. The Bertz CT molecular complexity index is 1000. The van der Waals surface area contributed by atoms with E-state index in [1.165, 1.54) is 6.20 Å². The number of pyridine rings is 1. The molecule has 0 spiro atoms. The van der Waals surface area contributed by atoms with Gasteiger partial charge in [-0.05, 0) is 12.0 Å². The molecular formula is C16H15N5O2S. The Kier molecular flexibility index (Phi) is 3.53. The Morgan fingerprint density at radius 1 is 1.46 bits per heavy atom. The fourth-order valence-electron chi connectivity index (χ4n) is 2.52. The highest BCUT2D eigenvalue weighted by molar-refractivity contribution is 7.15. The lowest BCUT2D eigenvalue weighted by Crippen LogP contribution is -2.23. The van der Waals surface area contributed by atoms with Crippen LogP contribution < -0.4 is 5.32 Å². The van der Waals surface area contributed by atoms with Crippen LogP contribution in [0.3, 0.4) is 0 Å². The summed E-state index contributed by atoms with van der Waals surface area (Å²) in [4.78, 5) is 21.9. The Labute approximate surface area is 141 Å². The van der Waals surface area contributed by atoms with Gasteiger partial charge in [-0.2, -0.15) is 0 Å². The molecule has 122 valence electrons. The number of carbonyl (C=O) groups is 1. The van der Waals surface area contributed by atoms with Crippen molar-refractivity contribution >= 4 is 33.3 Å². The van der Waals surface area contributed by atoms with Gasteiger partial charge >= 0.3 is 0 Å². The van der Waals surface area contributed by atoms with Crippen molar-refractivity contribution in [2.45, 2.75) is 26.3 Å². The third-order valence-electron chi connectivity index (χ3n) is 3.74. The lowest BCUT2D eigenvalue weighted by molar-refractivity contribution is 0.0950. The van der Waals surface area contributed by atoms with Gasteiger partial charge in [0.25, 0.3) is 11.6 Å². The molecule has 8 heteroatoms. The first-order chi connectivity index (χ1) is 11.6. The molecule has 4 heterocycles. The van der Waals surface area contributed by atoms with Crippen LogP contribution in [0.2, 0.25) is 0 Å². The standard InChI is InChI=1S/C16H15N5O2S/c1-9(2)13-12-5-10(6-18-15(12)23-20-13)14(22)17-7-11-8-21-3-4-24-16(21)19-11/h3-6,8-9H,7H2,1-2H3,(H,17,22). The Balaban J connectivity index is 1.54. The highest BCUT2D eigenvalue weighted by Gasteiger charge is 2.16. The SMILES string of the molecule is CC(C)c1noc2ncc(C(=O)NCc3cn4ccsc4n3)cc12. The van der Waals surface area contributed by atoms with Crippen molar-refractivity contribution in [1.29, 1.82) is 0 Å². The lowest BCUT2D eigenvalue weighted by Gasteiger charge is -2.04. The molecule has 7 nitrogen and oxygen atoms in total. The zero-order chi connectivity index (χ0) is 16.7. The van der Waals surface area contributed by atoms with Gasteiger partial charge in [0.05, 0.1) is 28.9 Å². The summed E-state index contributed by atoms with van der Waals surface area (Å²) in [6.07, 6.45) is 5.35. The third-order valence-corrected chi connectivity index (χ3v) is 4.51. The van der Waals surface area contributed by atoms with Crippen molar-refractivity contribution < 1.29 is 9.32 Å². The summed E-state index contributed by atoms with van der Waals surface area (Å²) in [5.41, 5.74) is 2.55. The average molecular weight is 341 g/mol. The Morgan fingerprint density at radius 3 is 3.12 bits per heavy atom. The average Bonchev–Trinajstić information content (AvgIpc) is 3.25. The van der Waals surface area contributed by atoms with Crippen LogP contribution in [-0.2, 0) is 6.54 Å². The molecule has 0 saturated carbocycles. The summed E-state index contributed by atoms with van der Waals surface area (Å²) in [5, 5.41) is 9.64. The Morgan fingerprint density at radius 2 is 2.33 bits per heavy atom. The molecule has 0 radical (unpaired) electrons. The van der Waals surface area contributed by atoms with Crippen molar-refractivity contribution in [3.63, 3.8) is 0 Å². The molecular weight excluding hydrogens is 326 g/mol. The Hall–Kier alpha value is -2.74. The maximum absolute atomic E-state index is 12.4. The maximum atomic E-state index is 12.4. The molecule has 0 fully saturated rings. The van der Waals surface area contributed by atoms with Crippen LogP contribution in [0, 0.1) is 0 Å². The van der Waals surface area contributed by atoms with Crippen LogP contribution in [-0.4, -0.2) is 25.4 Å². The molecule has 0 aromatic carbocycles. The van der Waals surface area contributed by atoms with Crippen LogP contribution >= 0.6 is 11.3 Å². The predicted octanol–water partition coefficient (Wildman–Crippen LogP) is 2.99. The highest BCUT2D eigenvalue weighted by Crippen LogP contribution is 2.24. The van der Waals surface area contributed by atoms with Gasteiger partial charge in [0.1, 0.15) is 0 Å². The summed E-state index contributed by atoms with van der Waals surface area (Å²) >= 11 is 1.56. The van der Waals surface area contributed by atoms with Gasteiger partial charge in [0, 0.05) is 24.0 Å². The molecule has 24 heavy (non-hydrogen) atoms. The van der Waals surface area contributed by atoms with E-state index in [-0.39, 0.29) is 11.8 Å². The number of amides is 1. The zero-order valence-corrected chi connectivity index (χ0v) is 14.0. The van der Waals surface area contributed by atoms with E-state index >= 15 is 0 Å². The van der Waals surface area contributed by atoms with Gasteiger partial charge < -0.3 is 9.84 Å². The van der Waals surface area contributed by atoms with Gasteiger partial charge in [-0.3, -0.25) is 9.20 Å². The normalized spacial score (nSPS) is 11.6. The zero-order valence-electron chi connectivity index (χ0n) is 13.2. The lowest BCUT2D eigenvalue weighted by atomic mass is 10.1. The molecule has 0 unspecified atom stereocenters. The van der Waals surface area contributed by atoms with E-state index in [2.05, 4.69) is 20.4 Å². The largest absolute Gasteiger partial charge is 0.346 e. The smallest absolute Gasteiger partial charge is 0.257 e. The van der Waals surface area contributed by atoms with Crippen LogP contribution in [0.25, 0.3) is 16.1 Å². The molecule has 4 rings (SSSR count). The minimum absolute atomic E-state index is 0.198. The number of thiazole rings is 1. The monoisotopic (exact) mass is 341 g/mol. The summed E-state index contributed by atoms with van der Waals surface area (Å²) < 4.78 is 7.13. The topological polar surface area (TPSA) is 85.3 Å². The van der Waals surface area contributed by atoms with Gasteiger partial charge in [-0.1, -0.05) is 19.0 Å². The molecule has 0 saturated heterocycles. The summed E-state index contributed by atoms with van der Waals surface area (Å²) in [5.74, 6) is 0.00139. The van der Waals surface area contributed by atoms with Crippen LogP contribution in [0.4, 0.5) is 0 Å². The minimum atomic E-state index is -0.198. The number of fused-ring (bicyclic) bond motifs is 2. The van der Waals surface area contributed by atoms with Crippen molar-refractivity contribution in [3.8, 4) is 0 Å². The third kappa shape index (κ3) is 2.54. The molecule has 0 aliphatic carbocycles. The molecule has 4 aromatic heterocycles. The maximum Gasteiger partial charge on any atom is 0.257 e. The number of nitrogens with one attached hydrogen (secondary N) is 1. The number of carbonyl (C=O) groups excluding carboxylic acids is 1. The minimum Gasteiger partial charge on any atom is -0.346 e. The van der Waals surface area contributed by atoms with Crippen molar-refractivity contribution in [1.82, 2.24) is 24.8 Å². The van der Waals surface area contributed by atoms with Gasteiger partial charge in [0.15, 0.2) is 4.96 Å². The van der Waals surface area contributed by atoms with Crippen LogP contribution in [0.5, 0.6) is 0 Å². The van der Waals surface area contributed by atoms with Crippen molar-refractivity contribution in [3.05, 3.63) is 47.0 Å². The second kappa shape index (κ2) is 5.72. The van der Waals surface area contributed by atoms with Gasteiger partial charge in [0.2, 0.25) is 0 Å². The molecule has 0 bridgehead atoms. The number of rotatable bonds is 4. The second-order valence-corrected chi connectivity index (χ2v) is 6.68. The van der Waals surface area contributed by atoms with Crippen molar-refractivity contribution in [2.24, 2.45) is 0 Å². The van der Waals surface area contributed by atoms with E-state index in [9.17, 15) is 4.79 Å². The van der Waals surface area contributed by atoms with Gasteiger partial charge in [-0.15, -0.1) is 11.3 Å². The number of aromatic nitrogens is 4. The van der Waals surface area contributed by atoms with E-state index in [0.29, 0.717) is 17.8 Å². The molecule has 0 atom stereocenters. The second-order valence-electron chi connectivity index (χ2n) is 5.81. The highest BCUT2D eigenvalue weighted by atomic mass is 32.1. The predicted molar refractivity (Wildman–Crippen MR) is 90.1 cm³/mol. The first-order valence-electron chi connectivity index (χ1n) is 7.56.